The Bertz CT molecular complexity index is 201. The quantitative estimate of drug-likeness (QED) is 0.772. The van der Waals surface area contributed by atoms with Crippen LogP contribution in [0.15, 0.2) is 0 Å². The van der Waals surface area contributed by atoms with Crippen LogP contribution in [0.4, 0.5) is 0 Å². The molecule has 0 aromatic carbocycles. The van der Waals surface area contributed by atoms with Gasteiger partial charge in [-0.05, 0) is 31.6 Å². The van der Waals surface area contributed by atoms with Crippen LogP contribution in [0.1, 0.15) is 52.4 Å². The molecular weight excluding hydrogens is 186 g/mol. The first-order valence-electron chi connectivity index (χ1n) is 6.62. The van der Waals surface area contributed by atoms with Crippen molar-refractivity contribution in [3.63, 3.8) is 0 Å². The van der Waals surface area contributed by atoms with Gasteiger partial charge in [-0.3, -0.25) is 4.90 Å². The van der Waals surface area contributed by atoms with E-state index >= 15 is 0 Å². The van der Waals surface area contributed by atoms with Crippen molar-refractivity contribution in [3.05, 3.63) is 0 Å². The van der Waals surface area contributed by atoms with Crippen molar-refractivity contribution in [2.24, 2.45) is 5.92 Å². The van der Waals surface area contributed by atoms with Gasteiger partial charge in [0.1, 0.15) is 0 Å². The van der Waals surface area contributed by atoms with Crippen molar-refractivity contribution in [2.45, 2.75) is 70.6 Å². The maximum atomic E-state index is 10.1. The van der Waals surface area contributed by atoms with E-state index in [0.29, 0.717) is 6.04 Å². The molecule has 2 rings (SSSR count). The first-order chi connectivity index (χ1) is 7.18. The molecule has 0 aromatic heterocycles. The van der Waals surface area contributed by atoms with E-state index in [2.05, 4.69) is 18.7 Å². The maximum Gasteiger partial charge on any atom is 0.0695 e. The molecule has 15 heavy (non-hydrogen) atoms. The van der Waals surface area contributed by atoms with Gasteiger partial charge < -0.3 is 5.11 Å². The van der Waals surface area contributed by atoms with E-state index in [4.69, 9.17) is 0 Å². The highest BCUT2D eigenvalue weighted by Gasteiger charge is 2.37. The minimum atomic E-state index is -0.0573. The lowest BCUT2D eigenvalue weighted by molar-refractivity contribution is 0.0102. The summed E-state index contributed by atoms with van der Waals surface area (Å²) in [5.41, 5.74) is 0. The molecule has 2 saturated carbocycles. The topological polar surface area (TPSA) is 23.5 Å². The molecule has 0 bridgehead atoms. The third-order valence-electron chi connectivity index (χ3n) is 3.71. The number of hydrogen-bond acceptors (Lipinski definition) is 2. The van der Waals surface area contributed by atoms with Crippen LogP contribution in [0.25, 0.3) is 0 Å². The van der Waals surface area contributed by atoms with Gasteiger partial charge >= 0.3 is 0 Å². The zero-order valence-electron chi connectivity index (χ0n) is 10.2. The lowest BCUT2D eigenvalue weighted by Crippen LogP contribution is -2.48. The van der Waals surface area contributed by atoms with E-state index in [9.17, 15) is 5.11 Å². The fourth-order valence-corrected chi connectivity index (χ4v) is 2.86. The summed E-state index contributed by atoms with van der Waals surface area (Å²) in [7, 11) is 0. The molecule has 2 atom stereocenters. The van der Waals surface area contributed by atoms with Crippen LogP contribution < -0.4 is 0 Å². The van der Waals surface area contributed by atoms with Gasteiger partial charge in [0.05, 0.1) is 6.10 Å². The molecule has 0 unspecified atom stereocenters. The van der Waals surface area contributed by atoms with E-state index in [1.165, 1.54) is 38.6 Å². The predicted molar refractivity (Wildman–Crippen MR) is 62.8 cm³/mol. The van der Waals surface area contributed by atoms with Crippen molar-refractivity contribution in [3.8, 4) is 0 Å². The molecule has 2 aliphatic rings. The van der Waals surface area contributed by atoms with Crippen LogP contribution in [0.2, 0.25) is 0 Å². The molecule has 88 valence electrons. The highest BCUT2D eigenvalue weighted by molar-refractivity contribution is 4.93. The summed E-state index contributed by atoms with van der Waals surface area (Å²) >= 11 is 0. The molecule has 0 aromatic rings. The van der Waals surface area contributed by atoms with Gasteiger partial charge in [-0.25, -0.2) is 0 Å². The summed E-state index contributed by atoms with van der Waals surface area (Å²) in [6, 6.07) is 1.26. The Morgan fingerprint density at radius 2 is 1.80 bits per heavy atom. The van der Waals surface area contributed by atoms with Crippen LogP contribution in [0, 0.1) is 5.92 Å². The van der Waals surface area contributed by atoms with Crippen LogP contribution in [0.3, 0.4) is 0 Å². The summed E-state index contributed by atoms with van der Waals surface area (Å²) in [6.07, 6.45) is 7.42. The van der Waals surface area contributed by atoms with Crippen molar-refractivity contribution in [1.29, 1.82) is 0 Å². The van der Waals surface area contributed by atoms with Crippen molar-refractivity contribution in [1.82, 2.24) is 4.90 Å². The first kappa shape index (κ1) is 11.4. The van der Waals surface area contributed by atoms with Gasteiger partial charge in [0.25, 0.3) is 0 Å². The Balaban J connectivity index is 1.95. The Morgan fingerprint density at radius 3 is 2.33 bits per heavy atom. The molecule has 1 N–H and O–H groups in total. The number of hydrogen-bond donors (Lipinski definition) is 1. The molecule has 0 saturated heterocycles. The minimum absolute atomic E-state index is 0.0573. The van der Waals surface area contributed by atoms with Crippen molar-refractivity contribution in [2.75, 3.05) is 6.54 Å². The van der Waals surface area contributed by atoms with E-state index in [1.807, 2.05) is 0 Å². The summed E-state index contributed by atoms with van der Waals surface area (Å²) in [5.74, 6) is 0.722. The maximum absolute atomic E-state index is 10.1. The second kappa shape index (κ2) is 4.84. The molecule has 0 amide bonds. The third kappa shape index (κ3) is 2.94. The largest absolute Gasteiger partial charge is 0.391 e. The summed E-state index contributed by atoms with van der Waals surface area (Å²) < 4.78 is 0. The van der Waals surface area contributed by atoms with Gasteiger partial charge in [-0.15, -0.1) is 0 Å². The molecule has 0 spiro atoms. The number of aliphatic hydroxyl groups is 1. The van der Waals surface area contributed by atoms with Gasteiger partial charge in [0, 0.05) is 18.6 Å². The van der Waals surface area contributed by atoms with Gasteiger partial charge in [-0.1, -0.05) is 26.7 Å². The normalized spacial score (nSPS) is 32.6. The van der Waals surface area contributed by atoms with E-state index in [0.717, 1.165) is 18.4 Å². The first-order valence-corrected chi connectivity index (χ1v) is 6.62. The smallest absolute Gasteiger partial charge is 0.0695 e. The van der Waals surface area contributed by atoms with E-state index in [1.54, 1.807) is 0 Å². The highest BCUT2D eigenvalue weighted by Crippen LogP contribution is 2.34. The Morgan fingerprint density at radius 1 is 1.13 bits per heavy atom. The Hall–Kier alpha value is -0.0800. The molecule has 2 nitrogen and oxygen atoms in total. The number of rotatable bonds is 4. The van der Waals surface area contributed by atoms with Crippen molar-refractivity contribution >= 4 is 0 Å². The molecule has 2 fully saturated rings. The average Bonchev–Trinajstić information content (AvgIpc) is 2.98. The molecular formula is C13H25NO. The van der Waals surface area contributed by atoms with Gasteiger partial charge in [0.2, 0.25) is 0 Å². The zero-order chi connectivity index (χ0) is 10.8. The summed E-state index contributed by atoms with van der Waals surface area (Å²) in [6.45, 7) is 5.74. The summed E-state index contributed by atoms with van der Waals surface area (Å²) in [4.78, 5) is 2.61. The third-order valence-corrected chi connectivity index (χ3v) is 3.71. The second-order valence-electron chi connectivity index (χ2n) is 5.74. The average molecular weight is 211 g/mol. The lowest BCUT2D eigenvalue weighted by atomic mass is 9.90. The molecule has 2 aliphatic carbocycles. The Kier molecular flexibility index (Phi) is 3.68. The molecule has 2 heteroatoms. The fourth-order valence-electron chi connectivity index (χ4n) is 2.86. The van der Waals surface area contributed by atoms with Crippen LogP contribution >= 0.6 is 0 Å². The monoisotopic (exact) mass is 211 g/mol. The van der Waals surface area contributed by atoms with Crippen molar-refractivity contribution < 1.29 is 5.11 Å². The van der Waals surface area contributed by atoms with E-state index in [-0.39, 0.29) is 6.10 Å². The van der Waals surface area contributed by atoms with Gasteiger partial charge in [0.15, 0.2) is 0 Å². The van der Waals surface area contributed by atoms with Crippen LogP contribution in [-0.4, -0.2) is 34.7 Å². The van der Waals surface area contributed by atoms with Crippen LogP contribution in [0.5, 0.6) is 0 Å². The molecule has 0 radical (unpaired) electrons. The molecule has 0 aliphatic heterocycles. The SMILES string of the molecule is CC(C)CN(C1CC1)[C@@H]1CCCC[C@H]1O. The predicted octanol–water partition coefficient (Wildman–Crippen LogP) is 2.41. The highest BCUT2D eigenvalue weighted by atomic mass is 16.3. The fraction of sp³-hybridized carbons (Fsp3) is 1.00. The minimum Gasteiger partial charge on any atom is -0.391 e. The number of nitrogens with zero attached hydrogens (tertiary/aromatic N) is 1. The number of aliphatic hydroxyl groups excluding tert-OH is 1. The molecule has 0 heterocycles. The van der Waals surface area contributed by atoms with Gasteiger partial charge in [-0.2, -0.15) is 0 Å². The summed E-state index contributed by atoms with van der Waals surface area (Å²) in [5, 5.41) is 10.1. The standard InChI is InChI=1S/C13H25NO/c1-10(2)9-14(11-7-8-11)12-5-3-4-6-13(12)15/h10-13,15H,3-9H2,1-2H3/t12-,13-/m1/s1. The van der Waals surface area contributed by atoms with E-state index < -0.39 is 0 Å². The zero-order valence-corrected chi connectivity index (χ0v) is 10.2. The Labute approximate surface area is 93.7 Å². The second-order valence-corrected chi connectivity index (χ2v) is 5.74. The lowest BCUT2D eigenvalue weighted by Gasteiger charge is -2.38. The van der Waals surface area contributed by atoms with Crippen LogP contribution in [-0.2, 0) is 0 Å².